The molecule has 0 aliphatic heterocycles. The molecule has 0 saturated carbocycles. The number of aryl methyl sites for hydroxylation is 1. The Labute approximate surface area is 136 Å². The zero-order chi connectivity index (χ0) is 15.0. The molecule has 0 bridgehead atoms. The average Bonchev–Trinajstić information content (AvgIpc) is 2.49. The summed E-state index contributed by atoms with van der Waals surface area (Å²) >= 11 is 9.76. The summed E-state index contributed by atoms with van der Waals surface area (Å²) in [6.07, 6.45) is 3.16. The van der Waals surface area contributed by atoms with E-state index in [-0.39, 0.29) is 15.8 Å². The van der Waals surface area contributed by atoms with Gasteiger partial charge in [-0.25, -0.2) is 8.78 Å². The van der Waals surface area contributed by atoms with Crippen LogP contribution in [0, 0.1) is 11.6 Å². The van der Waals surface area contributed by atoms with Gasteiger partial charge >= 0.3 is 0 Å². The number of fused-ring (bicyclic) bond motifs is 1. The molecule has 0 radical (unpaired) electrons. The third-order valence-electron chi connectivity index (χ3n) is 4.11. The molecule has 0 nitrogen and oxygen atoms in total. The van der Waals surface area contributed by atoms with Crippen LogP contribution in [-0.2, 0) is 6.42 Å². The van der Waals surface area contributed by atoms with Crippen LogP contribution < -0.4 is 0 Å². The Morgan fingerprint density at radius 3 is 2.67 bits per heavy atom. The largest absolute Gasteiger partial charge is 0.204 e. The van der Waals surface area contributed by atoms with Gasteiger partial charge in [-0.1, -0.05) is 51.8 Å². The summed E-state index contributed by atoms with van der Waals surface area (Å²) < 4.78 is 26.8. The lowest BCUT2D eigenvalue weighted by atomic mass is 9.79. The third-order valence-corrected chi connectivity index (χ3v) is 5.56. The van der Waals surface area contributed by atoms with Gasteiger partial charge in [0.15, 0.2) is 11.6 Å². The van der Waals surface area contributed by atoms with Gasteiger partial charge in [0.25, 0.3) is 0 Å². The molecule has 0 saturated heterocycles. The SMILES string of the molecule is Fc1cc(Cl)c(C(Br)C2CCCc3ccccc32)cc1F. The first-order valence-electron chi connectivity index (χ1n) is 6.94. The van der Waals surface area contributed by atoms with Gasteiger partial charge in [-0.2, -0.15) is 0 Å². The van der Waals surface area contributed by atoms with Crippen LogP contribution in [0.2, 0.25) is 5.02 Å². The molecule has 0 spiro atoms. The van der Waals surface area contributed by atoms with Gasteiger partial charge in [0.2, 0.25) is 0 Å². The number of hydrogen-bond acceptors (Lipinski definition) is 0. The molecule has 2 aromatic carbocycles. The molecule has 0 amide bonds. The van der Waals surface area contributed by atoms with E-state index < -0.39 is 11.6 Å². The Bertz CT molecular complexity index is 672. The first kappa shape index (κ1) is 15.0. The second kappa shape index (κ2) is 6.05. The van der Waals surface area contributed by atoms with E-state index in [9.17, 15) is 8.78 Å². The standard InChI is InChI=1S/C17H14BrClF2/c18-17(13-8-15(20)16(21)9-14(13)19)12-7-3-5-10-4-1-2-6-11(10)12/h1-2,4,6,8-9,12,17H,3,5,7H2. The van der Waals surface area contributed by atoms with Crippen molar-refractivity contribution in [3.63, 3.8) is 0 Å². The minimum absolute atomic E-state index is 0.124. The Morgan fingerprint density at radius 1 is 1.14 bits per heavy atom. The van der Waals surface area contributed by atoms with E-state index in [1.165, 1.54) is 17.2 Å². The Kier molecular flexibility index (Phi) is 4.32. The molecule has 1 aliphatic rings. The van der Waals surface area contributed by atoms with E-state index in [1.807, 2.05) is 12.1 Å². The lowest BCUT2D eigenvalue weighted by molar-refractivity contribution is 0.503. The monoisotopic (exact) mass is 370 g/mol. The second-order valence-corrected chi connectivity index (χ2v) is 6.78. The van der Waals surface area contributed by atoms with E-state index in [0.29, 0.717) is 5.56 Å². The maximum absolute atomic E-state index is 13.5. The molecular weight excluding hydrogens is 358 g/mol. The lowest BCUT2D eigenvalue weighted by Crippen LogP contribution is -2.14. The molecule has 2 unspecified atom stereocenters. The normalized spacial score (nSPS) is 19.1. The number of benzene rings is 2. The van der Waals surface area contributed by atoms with Crippen LogP contribution in [0.15, 0.2) is 36.4 Å². The summed E-state index contributed by atoms with van der Waals surface area (Å²) in [5.41, 5.74) is 3.21. The fraction of sp³-hybridized carbons (Fsp3) is 0.294. The molecule has 2 atom stereocenters. The van der Waals surface area contributed by atoms with Gasteiger partial charge < -0.3 is 0 Å². The van der Waals surface area contributed by atoms with Crippen LogP contribution in [0.4, 0.5) is 8.78 Å². The number of rotatable bonds is 2. The van der Waals surface area contributed by atoms with E-state index in [1.54, 1.807) is 0 Å². The van der Waals surface area contributed by atoms with Gasteiger partial charge in [0, 0.05) is 15.8 Å². The molecular formula is C17H14BrClF2. The lowest BCUT2D eigenvalue weighted by Gasteiger charge is -2.30. The highest BCUT2D eigenvalue weighted by Crippen LogP contribution is 2.46. The van der Waals surface area contributed by atoms with E-state index in [4.69, 9.17) is 11.6 Å². The van der Waals surface area contributed by atoms with E-state index in [0.717, 1.165) is 25.3 Å². The van der Waals surface area contributed by atoms with Gasteiger partial charge in [-0.3, -0.25) is 0 Å². The van der Waals surface area contributed by atoms with Gasteiger partial charge in [0.1, 0.15) is 0 Å². The molecule has 110 valence electrons. The van der Waals surface area contributed by atoms with Crippen LogP contribution in [0.1, 0.15) is 40.3 Å². The smallest absolute Gasteiger partial charge is 0.160 e. The van der Waals surface area contributed by atoms with Gasteiger partial charge in [-0.05, 0) is 48.1 Å². The summed E-state index contributed by atoms with van der Waals surface area (Å²) in [5, 5.41) is 0.263. The van der Waals surface area contributed by atoms with Gasteiger partial charge in [0.05, 0.1) is 0 Å². The minimum Gasteiger partial charge on any atom is -0.204 e. The fourth-order valence-corrected chi connectivity index (χ4v) is 4.39. The average molecular weight is 372 g/mol. The molecule has 4 heteroatoms. The minimum atomic E-state index is -0.910. The number of alkyl halides is 1. The molecule has 0 aromatic heterocycles. The summed E-state index contributed by atoms with van der Waals surface area (Å²) in [7, 11) is 0. The molecule has 0 fully saturated rings. The third kappa shape index (κ3) is 2.86. The van der Waals surface area contributed by atoms with Crippen LogP contribution >= 0.6 is 27.5 Å². The van der Waals surface area contributed by atoms with Crippen LogP contribution in [0.5, 0.6) is 0 Å². The maximum atomic E-state index is 13.5. The highest BCUT2D eigenvalue weighted by atomic mass is 79.9. The number of hydrogen-bond donors (Lipinski definition) is 0. The second-order valence-electron chi connectivity index (χ2n) is 5.39. The Hall–Kier alpha value is -0.930. The quantitative estimate of drug-likeness (QED) is 0.437. The Balaban J connectivity index is 2.00. The fourth-order valence-electron chi connectivity index (χ4n) is 3.06. The predicted molar refractivity (Wildman–Crippen MR) is 85.2 cm³/mol. The highest BCUT2D eigenvalue weighted by molar-refractivity contribution is 9.09. The molecule has 1 aliphatic carbocycles. The number of halogens is 4. The van der Waals surface area contributed by atoms with E-state index >= 15 is 0 Å². The van der Waals surface area contributed by atoms with Crippen molar-refractivity contribution in [1.29, 1.82) is 0 Å². The maximum Gasteiger partial charge on any atom is 0.160 e. The van der Waals surface area contributed by atoms with E-state index in [2.05, 4.69) is 28.1 Å². The van der Waals surface area contributed by atoms with Crippen molar-refractivity contribution in [3.8, 4) is 0 Å². The molecule has 2 aromatic rings. The van der Waals surface area contributed by atoms with Crippen molar-refractivity contribution in [2.75, 3.05) is 0 Å². The molecule has 0 heterocycles. The van der Waals surface area contributed by atoms with Crippen molar-refractivity contribution in [3.05, 3.63) is 69.7 Å². The van der Waals surface area contributed by atoms with Crippen molar-refractivity contribution in [1.82, 2.24) is 0 Å². The molecule has 0 N–H and O–H groups in total. The first-order valence-corrected chi connectivity index (χ1v) is 8.23. The van der Waals surface area contributed by atoms with Crippen molar-refractivity contribution < 1.29 is 8.78 Å². The summed E-state index contributed by atoms with van der Waals surface area (Å²) in [5.74, 6) is -1.55. The topological polar surface area (TPSA) is 0 Å². The van der Waals surface area contributed by atoms with Crippen molar-refractivity contribution in [2.45, 2.75) is 30.0 Å². The summed E-state index contributed by atoms with van der Waals surface area (Å²) in [4.78, 5) is -0.124. The van der Waals surface area contributed by atoms with Crippen molar-refractivity contribution in [2.24, 2.45) is 0 Å². The first-order chi connectivity index (χ1) is 10.1. The Morgan fingerprint density at radius 2 is 1.86 bits per heavy atom. The summed E-state index contributed by atoms with van der Waals surface area (Å²) in [6.45, 7) is 0. The molecule has 3 rings (SSSR count). The van der Waals surface area contributed by atoms with Crippen LogP contribution in [-0.4, -0.2) is 0 Å². The van der Waals surface area contributed by atoms with Crippen LogP contribution in [0.3, 0.4) is 0 Å². The highest BCUT2D eigenvalue weighted by Gasteiger charge is 2.29. The van der Waals surface area contributed by atoms with Gasteiger partial charge in [-0.15, -0.1) is 0 Å². The van der Waals surface area contributed by atoms with Crippen LogP contribution in [0.25, 0.3) is 0 Å². The zero-order valence-electron chi connectivity index (χ0n) is 11.3. The zero-order valence-corrected chi connectivity index (χ0v) is 13.6. The molecule has 21 heavy (non-hydrogen) atoms. The van der Waals surface area contributed by atoms with Crippen molar-refractivity contribution >= 4 is 27.5 Å². The predicted octanol–water partition coefficient (Wildman–Crippen LogP) is 6.17. The summed E-state index contributed by atoms with van der Waals surface area (Å²) in [6, 6.07) is 10.6.